The first-order chi connectivity index (χ1) is 8.69. The quantitative estimate of drug-likeness (QED) is 0.716. The highest BCUT2D eigenvalue weighted by Crippen LogP contribution is 2.15. The lowest BCUT2D eigenvalue weighted by Crippen LogP contribution is -2.27. The Morgan fingerprint density at radius 2 is 2.28 bits per heavy atom. The van der Waals surface area contributed by atoms with Crippen molar-refractivity contribution in [2.24, 2.45) is 5.92 Å². The minimum Gasteiger partial charge on any atom is -0.353 e. The molecule has 0 saturated heterocycles. The molecular formula is C14H24N4. The van der Waals surface area contributed by atoms with Crippen LogP contribution in [0.15, 0.2) is 25.2 Å². The van der Waals surface area contributed by atoms with Gasteiger partial charge in [-0.3, -0.25) is 0 Å². The first-order valence-corrected chi connectivity index (χ1v) is 6.54. The Hall–Kier alpha value is -1.42. The molecule has 0 aliphatic carbocycles. The van der Waals surface area contributed by atoms with E-state index in [4.69, 9.17) is 0 Å². The highest BCUT2D eigenvalue weighted by atomic mass is 15.2. The van der Waals surface area contributed by atoms with Gasteiger partial charge in [-0.2, -0.15) is 0 Å². The first-order valence-electron chi connectivity index (χ1n) is 6.54. The minimum atomic E-state index is 0.647. The fraction of sp³-hybridized carbons (Fsp3) is 0.571. The van der Waals surface area contributed by atoms with Gasteiger partial charge in [0.2, 0.25) is 0 Å². The second-order valence-corrected chi connectivity index (χ2v) is 4.72. The monoisotopic (exact) mass is 248 g/mol. The molecule has 0 saturated carbocycles. The Kier molecular flexibility index (Phi) is 6.36. The molecule has 0 aliphatic heterocycles. The third-order valence-corrected chi connectivity index (χ3v) is 2.66. The zero-order valence-electron chi connectivity index (χ0n) is 11.7. The topological polar surface area (TPSA) is 41.1 Å². The van der Waals surface area contributed by atoms with Crippen molar-refractivity contribution in [2.75, 3.05) is 24.5 Å². The van der Waals surface area contributed by atoms with E-state index in [2.05, 4.69) is 47.5 Å². The van der Waals surface area contributed by atoms with E-state index in [1.807, 2.05) is 12.3 Å². The van der Waals surface area contributed by atoms with E-state index in [0.29, 0.717) is 5.92 Å². The van der Waals surface area contributed by atoms with E-state index in [-0.39, 0.29) is 0 Å². The van der Waals surface area contributed by atoms with Crippen molar-refractivity contribution in [3.63, 3.8) is 0 Å². The maximum absolute atomic E-state index is 4.39. The van der Waals surface area contributed by atoms with Crippen molar-refractivity contribution < 1.29 is 0 Å². The number of aromatic nitrogens is 2. The number of likely N-dealkylation sites (N-methyl/N-ethyl adjacent to an activating group) is 1. The van der Waals surface area contributed by atoms with Crippen LogP contribution in [-0.2, 0) is 6.54 Å². The number of anilines is 1. The lowest BCUT2D eigenvalue weighted by atomic mass is 10.2. The standard InChI is InChI=1S/C14H24N4/c1-5-7-18(6-2)14-13(10-16-11-17-14)9-15-8-12(3)4/h5,10-12,15H,1,6-9H2,2-4H3. The van der Waals surface area contributed by atoms with Crippen molar-refractivity contribution in [1.82, 2.24) is 15.3 Å². The molecule has 18 heavy (non-hydrogen) atoms. The summed E-state index contributed by atoms with van der Waals surface area (Å²) in [7, 11) is 0. The van der Waals surface area contributed by atoms with E-state index in [1.54, 1.807) is 6.33 Å². The molecule has 1 N–H and O–H groups in total. The fourth-order valence-corrected chi connectivity index (χ4v) is 1.78. The van der Waals surface area contributed by atoms with Crippen LogP contribution in [-0.4, -0.2) is 29.6 Å². The Labute approximate surface area is 110 Å². The second kappa shape index (κ2) is 7.82. The summed E-state index contributed by atoms with van der Waals surface area (Å²) >= 11 is 0. The summed E-state index contributed by atoms with van der Waals surface area (Å²) in [4.78, 5) is 10.7. The molecule has 0 radical (unpaired) electrons. The van der Waals surface area contributed by atoms with E-state index in [0.717, 1.165) is 37.6 Å². The maximum atomic E-state index is 4.39. The fourth-order valence-electron chi connectivity index (χ4n) is 1.78. The molecule has 4 heteroatoms. The Morgan fingerprint density at radius 1 is 1.50 bits per heavy atom. The molecular weight excluding hydrogens is 224 g/mol. The van der Waals surface area contributed by atoms with Crippen LogP contribution in [0.4, 0.5) is 5.82 Å². The summed E-state index contributed by atoms with van der Waals surface area (Å²) in [5, 5.41) is 3.43. The average molecular weight is 248 g/mol. The van der Waals surface area contributed by atoms with Crippen LogP contribution in [0, 0.1) is 5.92 Å². The van der Waals surface area contributed by atoms with Crippen LogP contribution >= 0.6 is 0 Å². The van der Waals surface area contributed by atoms with Crippen molar-refractivity contribution >= 4 is 5.82 Å². The van der Waals surface area contributed by atoms with Crippen LogP contribution < -0.4 is 10.2 Å². The Balaban J connectivity index is 2.74. The summed E-state index contributed by atoms with van der Waals surface area (Å²) in [5.74, 6) is 1.65. The van der Waals surface area contributed by atoms with Crippen molar-refractivity contribution in [1.29, 1.82) is 0 Å². The van der Waals surface area contributed by atoms with Crippen molar-refractivity contribution in [2.45, 2.75) is 27.3 Å². The van der Waals surface area contributed by atoms with Gasteiger partial charge in [-0.15, -0.1) is 6.58 Å². The predicted octanol–water partition coefficient (Wildman–Crippen LogP) is 2.23. The maximum Gasteiger partial charge on any atom is 0.136 e. The molecule has 0 amide bonds. The molecule has 0 aromatic carbocycles. The smallest absolute Gasteiger partial charge is 0.136 e. The van der Waals surface area contributed by atoms with E-state index in [1.165, 1.54) is 0 Å². The van der Waals surface area contributed by atoms with Gasteiger partial charge in [0.1, 0.15) is 12.1 Å². The van der Waals surface area contributed by atoms with Gasteiger partial charge in [0.15, 0.2) is 0 Å². The molecule has 1 aromatic rings. The minimum absolute atomic E-state index is 0.647. The highest BCUT2D eigenvalue weighted by Gasteiger charge is 2.10. The molecule has 0 spiro atoms. The summed E-state index contributed by atoms with van der Waals surface area (Å²) in [6.45, 7) is 13.8. The molecule has 0 aliphatic rings. The SMILES string of the molecule is C=CCN(CC)c1ncncc1CNCC(C)C. The van der Waals surface area contributed by atoms with Gasteiger partial charge in [0, 0.05) is 31.4 Å². The van der Waals surface area contributed by atoms with Gasteiger partial charge in [0.05, 0.1) is 0 Å². The lowest BCUT2D eigenvalue weighted by Gasteiger charge is -2.22. The summed E-state index contributed by atoms with van der Waals surface area (Å²) in [6, 6.07) is 0. The molecule has 1 rings (SSSR count). The lowest BCUT2D eigenvalue weighted by molar-refractivity contribution is 0.551. The third-order valence-electron chi connectivity index (χ3n) is 2.66. The Bertz CT molecular complexity index is 363. The number of rotatable bonds is 8. The van der Waals surface area contributed by atoms with Gasteiger partial charge >= 0.3 is 0 Å². The molecule has 100 valence electrons. The van der Waals surface area contributed by atoms with Gasteiger partial charge in [-0.05, 0) is 19.4 Å². The zero-order chi connectivity index (χ0) is 13.4. The molecule has 0 fully saturated rings. The van der Waals surface area contributed by atoms with Gasteiger partial charge in [-0.25, -0.2) is 9.97 Å². The number of hydrogen-bond acceptors (Lipinski definition) is 4. The summed E-state index contributed by atoms with van der Waals surface area (Å²) in [6.07, 6.45) is 5.39. The van der Waals surface area contributed by atoms with Crippen LogP contribution in [0.2, 0.25) is 0 Å². The normalized spacial score (nSPS) is 10.7. The van der Waals surface area contributed by atoms with Crippen LogP contribution in [0.3, 0.4) is 0 Å². The van der Waals surface area contributed by atoms with Crippen LogP contribution in [0.25, 0.3) is 0 Å². The number of nitrogens with one attached hydrogen (secondary N) is 1. The van der Waals surface area contributed by atoms with Crippen molar-refractivity contribution in [3.05, 3.63) is 30.7 Å². The number of hydrogen-bond donors (Lipinski definition) is 1. The Morgan fingerprint density at radius 3 is 2.89 bits per heavy atom. The van der Waals surface area contributed by atoms with E-state index >= 15 is 0 Å². The predicted molar refractivity (Wildman–Crippen MR) is 76.7 cm³/mol. The molecule has 4 nitrogen and oxygen atoms in total. The molecule has 0 atom stereocenters. The van der Waals surface area contributed by atoms with Gasteiger partial charge in [0.25, 0.3) is 0 Å². The summed E-state index contributed by atoms with van der Waals surface area (Å²) < 4.78 is 0. The second-order valence-electron chi connectivity index (χ2n) is 4.72. The number of nitrogens with zero attached hydrogens (tertiary/aromatic N) is 3. The zero-order valence-corrected chi connectivity index (χ0v) is 11.7. The van der Waals surface area contributed by atoms with Crippen molar-refractivity contribution in [3.8, 4) is 0 Å². The van der Waals surface area contributed by atoms with Crippen LogP contribution in [0.5, 0.6) is 0 Å². The van der Waals surface area contributed by atoms with Crippen LogP contribution in [0.1, 0.15) is 26.3 Å². The largest absolute Gasteiger partial charge is 0.353 e. The van der Waals surface area contributed by atoms with E-state index in [9.17, 15) is 0 Å². The molecule has 0 bridgehead atoms. The molecule has 0 unspecified atom stereocenters. The summed E-state index contributed by atoms with van der Waals surface area (Å²) in [5.41, 5.74) is 1.14. The highest BCUT2D eigenvalue weighted by molar-refractivity contribution is 5.45. The average Bonchev–Trinajstić information content (AvgIpc) is 2.36. The third kappa shape index (κ3) is 4.45. The molecule has 1 aromatic heterocycles. The molecule has 1 heterocycles. The van der Waals surface area contributed by atoms with Gasteiger partial charge < -0.3 is 10.2 Å². The first kappa shape index (κ1) is 14.6. The van der Waals surface area contributed by atoms with E-state index < -0.39 is 0 Å². The van der Waals surface area contributed by atoms with Gasteiger partial charge in [-0.1, -0.05) is 19.9 Å².